The van der Waals surface area contributed by atoms with Crippen molar-refractivity contribution >= 4 is 17.6 Å². The van der Waals surface area contributed by atoms with E-state index in [2.05, 4.69) is 0 Å². The maximum Gasteiger partial charge on any atom is 0.308 e. The van der Waals surface area contributed by atoms with Gasteiger partial charge in [-0.25, -0.2) is 0 Å². The predicted molar refractivity (Wildman–Crippen MR) is 71.8 cm³/mol. The maximum atomic E-state index is 12.3. The molecule has 2 atom stereocenters. The molecular weight excluding hydrogens is 244 g/mol. The van der Waals surface area contributed by atoms with Gasteiger partial charge in [0.2, 0.25) is 0 Å². The van der Waals surface area contributed by atoms with Crippen LogP contribution in [0.4, 0.5) is 5.69 Å². The lowest BCUT2D eigenvalue weighted by molar-refractivity contribution is -0.142. The molecule has 0 unspecified atom stereocenters. The van der Waals surface area contributed by atoms with E-state index in [9.17, 15) is 9.59 Å². The fraction of sp³-hybridized carbons (Fsp3) is 0.429. The second kappa shape index (κ2) is 4.91. The molecule has 1 saturated heterocycles. The van der Waals surface area contributed by atoms with Crippen molar-refractivity contribution in [3.8, 4) is 0 Å². The molecule has 3 N–H and O–H groups in total. The Labute approximate surface area is 112 Å². The van der Waals surface area contributed by atoms with Crippen molar-refractivity contribution in [2.24, 2.45) is 11.8 Å². The largest absolute Gasteiger partial charge is 0.481 e. The third kappa shape index (κ3) is 2.54. The van der Waals surface area contributed by atoms with Crippen LogP contribution in [0.2, 0.25) is 0 Å². The summed E-state index contributed by atoms with van der Waals surface area (Å²) in [6.45, 7) is 4.47. The van der Waals surface area contributed by atoms with Crippen molar-refractivity contribution in [2.45, 2.75) is 13.8 Å². The van der Waals surface area contributed by atoms with E-state index in [-0.39, 0.29) is 18.4 Å². The van der Waals surface area contributed by atoms with Gasteiger partial charge in [0.25, 0.3) is 5.91 Å². The molecule has 0 aromatic heterocycles. The number of nitrogens with two attached hydrogens (primary N) is 1. The van der Waals surface area contributed by atoms with Gasteiger partial charge in [-0.1, -0.05) is 6.92 Å². The van der Waals surface area contributed by atoms with Gasteiger partial charge in [0.05, 0.1) is 5.92 Å². The molecule has 1 aliphatic rings. The highest BCUT2D eigenvalue weighted by Gasteiger charge is 2.37. The average molecular weight is 262 g/mol. The molecule has 19 heavy (non-hydrogen) atoms. The Bertz CT molecular complexity index is 527. The Morgan fingerprint density at radius 1 is 1.37 bits per heavy atom. The first-order chi connectivity index (χ1) is 8.90. The fourth-order valence-corrected chi connectivity index (χ4v) is 2.45. The smallest absolute Gasteiger partial charge is 0.308 e. The molecular formula is C14H18N2O3. The van der Waals surface area contributed by atoms with Crippen molar-refractivity contribution in [1.82, 2.24) is 4.90 Å². The number of carbonyl (C=O) groups excluding carboxylic acids is 1. The molecule has 1 aromatic rings. The van der Waals surface area contributed by atoms with Crippen LogP contribution in [0.5, 0.6) is 0 Å². The monoisotopic (exact) mass is 262 g/mol. The standard InChI is InChI=1S/C14H18N2O3/c1-8-5-10(3-4-12(8)15)13(17)16-6-9(2)11(7-16)14(18)19/h3-5,9,11H,6-7,15H2,1-2H3,(H,18,19)/t9-,11-/m1/s1. The summed E-state index contributed by atoms with van der Waals surface area (Å²) in [7, 11) is 0. The Kier molecular flexibility index (Phi) is 3.46. The number of hydrogen-bond donors (Lipinski definition) is 2. The number of aliphatic carboxylic acids is 1. The number of nitrogen functional groups attached to an aromatic ring is 1. The molecule has 1 aromatic carbocycles. The number of likely N-dealkylation sites (tertiary alicyclic amines) is 1. The lowest BCUT2D eigenvalue weighted by Gasteiger charge is -2.16. The van der Waals surface area contributed by atoms with Crippen molar-refractivity contribution in [3.63, 3.8) is 0 Å². The second-order valence-corrected chi connectivity index (χ2v) is 5.20. The number of carboxylic acid groups (broad SMARTS) is 1. The molecule has 1 heterocycles. The first-order valence-corrected chi connectivity index (χ1v) is 6.28. The van der Waals surface area contributed by atoms with E-state index in [0.717, 1.165) is 5.56 Å². The van der Waals surface area contributed by atoms with E-state index >= 15 is 0 Å². The van der Waals surface area contributed by atoms with E-state index in [1.165, 1.54) is 0 Å². The number of aryl methyl sites for hydroxylation is 1. The van der Waals surface area contributed by atoms with Crippen molar-refractivity contribution in [1.29, 1.82) is 0 Å². The zero-order valence-corrected chi connectivity index (χ0v) is 11.1. The summed E-state index contributed by atoms with van der Waals surface area (Å²) >= 11 is 0. The van der Waals surface area contributed by atoms with Crippen LogP contribution in [0.3, 0.4) is 0 Å². The van der Waals surface area contributed by atoms with Crippen LogP contribution in [0, 0.1) is 18.8 Å². The molecule has 5 nitrogen and oxygen atoms in total. The first-order valence-electron chi connectivity index (χ1n) is 6.28. The summed E-state index contributed by atoms with van der Waals surface area (Å²) < 4.78 is 0. The van der Waals surface area contributed by atoms with E-state index in [4.69, 9.17) is 10.8 Å². The molecule has 1 amide bonds. The van der Waals surface area contributed by atoms with Crippen LogP contribution in [-0.4, -0.2) is 35.0 Å². The lowest BCUT2D eigenvalue weighted by Crippen LogP contribution is -2.30. The van der Waals surface area contributed by atoms with Gasteiger partial charge in [-0.2, -0.15) is 0 Å². The minimum absolute atomic E-state index is 0.0173. The lowest BCUT2D eigenvalue weighted by atomic mass is 9.99. The summed E-state index contributed by atoms with van der Waals surface area (Å²) in [5, 5.41) is 9.08. The SMILES string of the molecule is Cc1cc(C(=O)N2C[C@@H](C)[C@H](C(=O)O)C2)ccc1N. The highest BCUT2D eigenvalue weighted by atomic mass is 16.4. The number of rotatable bonds is 2. The third-order valence-corrected chi connectivity index (χ3v) is 3.73. The quantitative estimate of drug-likeness (QED) is 0.788. The van der Waals surface area contributed by atoms with Crippen molar-refractivity contribution in [2.75, 3.05) is 18.8 Å². The van der Waals surface area contributed by atoms with Crippen LogP contribution in [-0.2, 0) is 4.79 Å². The van der Waals surface area contributed by atoms with Crippen molar-refractivity contribution < 1.29 is 14.7 Å². The Morgan fingerprint density at radius 2 is 2.05 bits per heavy atom. The molecule has 1 aliphatic heterocycles. The number of carboxylic acids is 1. The zero-order valence-electron chi connectivity index (χ0n) is 11.1. The minimum atomic E-state index is -0.837. The van der Waals surface area contributed by atoms with Gasteiger partial charge in [0.15, 0.2) is 0 Å². The first kappa shape index (κ1) is 13.4. The number of carbonyl (C=O) groups is 2. The fourth-order valence-electron chi connectivity index (χ4n) is 2.45. The number of hydrogen-bond acceptors (Lipinski definition) is 3. The van der Waals surface area contributed by atoms with Gasteiger partial charge >= 0.3 is 5.97 Å². The topological polar surface area (TPSA) is 83.6 Å². The maximum absolute atomic E-state index is 12.3. The number of nitrogens with zero attached hydrogens (tertiary/aromatic N) is 1. The highest BCUT2D eigenvalue weighted by molar-refractivity contribution is 5.95. The molecule has 0 aliphatic carbocycles. The van der Waals surface area contributed by atoms with Gasteiger partial charge < -0.3 is 15.7 Å². The zero-order chi connectivity index (χ0) is 14.2. The van der Waals surface area contributed by atoms with Gasteiger partial charge in [-0.15, -0.1) is 0 Å². The number of amides is 1. The Morgan fingerprint density at radius 3 is 2.58 bits per heavy atom. The summed E-state index contributed by atoms with van der Waals surface area (Å²) in [6.07, 6.45) is 0. The third-order valence-electron chi connectivity index (χ3n) is 3.73. The van der Waals surface area contributed by atoms with Gasteiger partial charge in [-0.05, 0) is 36.6 Å². The van der Waals surface area contributed by atoms with Gasteiger partial charge in [0, 0.05) is 24.3 Å². The average Bonchev–Trinajstić information content (AvgIpc) is 2.74. The molecule has 2 rings (SSSR count). The predicted octanol–water partition coefficient (Wildman–Crippen LogP) is 1.37. The van der Waals surface area contributed by atoms with E-state index in [1.807, 2.05) is 13.8 Å². The molecule has 1 fully saturated rings. The van der Waals surface area contributed by atoms with Crippen LogP contribution in [0.1, 0.15) is 22.8 Å². The van der Waals surface area contributed by atoms with Crippen LogP contribution in [0.25, 0.3) is 0 Å². The molecule has 0 bridgehead atoms. The Balaban J connectivity index is 2.17. The van der Waals surface area contributed by atoms with Crippen LogP contribution >= 0.6 is 0 Å². The summed E-state index contributed by atoms with van der Waals surface area (Å²) in [4.78, 5) is 25.0. The van der Waals surface area contributed by atoms with Gasteiger partial charge in [0.1, 0.15) is 0 Å². The molecule has 102 valence electrons. The molecule has 5 heteroatoms. The Hall–Kier alpha value is -2.04. The summed E-state index contributed by atoms with van der Waals surface area (Å²) in [5.41, 5.74) is 7.79. The summed E-state index contributed by atoms with van der Waals surface area (Å²) in [6, 6.07) is 5.14. The molecule has 0 spiro atoms. The number of benzene rings is 1. The van der Waals surface area contributed by atoms with E-state index in [1.54, 1.807) is 23.1 Å². The van der Waals surface area contributed by atoms with Crippen LogP contribution in [0.15, 0.2) is 18.2 Å². The van der Waals surface area contributed by atoms with E-state index < -0.39 is 11.9 Å². The van der Waals surface area contributed by atoms with E-state index in [0.29, 0.717) is 17.8 Å². The van der Waals surface area contributed by atoms with Gasteiger partial charge in [-0.3, -0.25) is 9.59 Å². The summed E-state index contributed by atoms with van der Waals surface area (Å²) in [5.74, 6) is -1.45. The second-order valence-electron chi connectivity index (χ2n) is 5.20. The minimum Gasteiger partial charge on any atom is -0.481 e. The molecule has 0 radical (unpaired) electrons. The normalized spacial score (nSPS) is 22.5. The molecule has 0 saturated carbocycles. The number of anilines is 1. The van der Waals surface area contributed by atoms with Crippen molar-refractivity contribution in [3.05, 3.63) is 29.3 Å². The highest BCUT2D eigenvalue weighted by Crippen LogP contribution is 2.25. The van der Waals surface area contributed by atoms with Crippen LogP contribution < -0.4 is 5.73 Å².